The molecule has 1 heterocycles. The van der Waals surface area contributed by atoms with Gasteiger partial charge in [0, 0.05) is 4.47 Å². The predicted molar refractivity (Wildman–Crippen MR) is 68.2 cm³/mol. The summed E-state index contributed by atoms with van der Waals surface area (Å²) in [4.78, 5) is 0. The highest BCUT2D eigenvalue weighted by molar-refractivity contribution is 9.10. The second kappa shape index (κ2) is 5.13. The second-order valence-electron chi connectivity index (χ2n) is 4.49. The van der Waals surface area contributed by atoms with E-state index in [-0.39, 0.29) is 0 Å². The number of halogens is 1. The summed E-state index contributed by atoms with van der Waals surface area (Å²) < 4.78 is 1.19. The molecule has 1 fully saturated rings. The Morgan fingerprint density at radius 3 is 3.00 bits per heavy atom. The zero-order valence-corrected chi connectivity index (χ0v) is 10.8. The van der Waals surface area contributed by atoms with E-state index in [1.54, 1.807) is 0 Å². The van der Waals surface area contributed by atoms with Crippen molar-refractivity contribution in [2.45, 2.75) is 26.2 Å². The van der Waals surface area contributed by atoms with Crippen LogP contribution in [0.4, 0.5) is 0 Å². The van der Waals surface area contributed by atoms with Crippen molar-refractivity contribution in [3.05, 3.63) is 33.8 Å². The second-order valence-corrected chi connectivity index (χ2v) is 5.40. The standard InChI is InChI=1S/C13H18BrN/c1-10-7-13(14)5-4-12(10)8-11-3-2-6-15-9-11/h4-5,7,11,15H,2-3,6,8-9H2,1H3. The monoisotopic (exact) mass is 267 g/mol. The summed E-state index contributed by atoms with van der Waals surface area (Å²) in [5, 5.41) is 3.48. The molecular formula is C13H18BrN. The van der Waals surface area contributed by atoms with Crippen molar-refractivity contribution in [2.24, 2.45) is 5.92 Å². The molecule has 82 valence electrons. The molecule has 1 saturated heterocycles. The minimum atomic E-state index is 0.832. The lowest BCUT2D eigenvalue weighted by Gasteiger charge is -2.23. The van der Waals surface area contributed by atoms with Crippen LogP contribution in [0.3, 0.4) is 0 Å². The first kappa shape index (κ1) is 11.2. The molecule has 1 aliphatic heterocycles. The summed E-state index contributed by atoms with van der Waals surface area (Å²) >= 11 is 3.51. The number of nitrogens with one attached hydrogen (secondary N) is 1. The molecule has 0 aliphatic carbocycles. The molecule has 0 spiro atoms. The van der Waals surface area contributed by atoms with Crippen LogP contribution in [0.2, 0.25) is 0 Å². The average Bonchev–Trinajstić information content (AvgIpc) is 2.24. The minimum Gasteiger partial charge on any atom is -0.316 e. The summed E-state index contributed by atoms with van der Waals surface area (Å²) in [6, 6.07) is 6.62. The lowest BCUT2D eigenvalue weighted by atomic mass is 9.91. The highest BCUT2D eigenvalue weighted by Gasteiger charge is 2.14. The zero-order valence-electron chi connectivity index (χ0n) is 9.22. The van der Waals surface area contributed by atoms with Crippen LogP contribution in [-0.2, 0) is 6.42 Å². The molecule has 0 amide bonds. The van der Waals surface area contributed by atoms with Crippen molar-refractivity contribution in [3.8, 4) is 0 Å². The summed E-state index contributed by atoms with van der Waals surface area (Å²) in [5.41, 5.74) is 2.92. The Kier molecular flexibility index (Phi) is 3.81. The van der Waals surface area contributed by atoms with E-state index in [1.807, 2.05) is 0 Å². The van der Waals surface area contributed by atoms with Gasteiger partial charge >= 0.3 is 0 Å². The van der Waals surface area contributed by atoms with E-state index < -0.39 is 0 Å². The van der Waals surface area contributed by atoms with Gasteiger partial charge in [0.1, 0.15) is 0 Å². The third-order valence-corrected chi connectivity index (χ3v) is 3.71. The van der Waals surface area contributed by atoms with E-state index in [1.165, 1.54) is 48.0 Å². The van der Waals surface area contributed by atoms with Gasteiger partial charge in [-0.15, -0.1) is 0 Å². The van der Waals surface area contributed by atoms with Crippen LogP contribution < -0.4 is 5.32 Å². The Labute approximate surface area is 100 Å². The van der Waals surface area contributed by atoms with Gasteiger partial charge in [-0.05, 0) is 68.5 Å². The Hall–Kier alpha value is -0.340. The molecule has 2 heteroatoms. The summed E-state index contributed by atoms with van der Waals surface area (Å²) in [6.45, 7) is 4.60. The highest BCUT2D eigenvalue weighted by atomic mass is 79.9. The van der Waals surface area contributed by atoms with Gasteiger partial charge in [-0.1, -0.05) is 22.0 Å². The Morgan fingerprint density at radius 1 is 1.47 bits per heavy atom. The van der Waals surface area contributed by atoms with Crippen molar-refractivity contribution in [2.75, 3.05) is 13.1 Å². The van der Waals surface area contributed by atoms with Crippen molar-refractivity contribution in [3.63, 3.8) is 0 Å². The van der Waals surface area contributed by atoms with Crippen LogP contribution >= 0.6 is 15.9 Å². The largest absolute Gasteiger partial charge is 0.316 e. The first-order chi connectivity index (χ1) is 7.25. The summed E-state index contributed by atoms with van der Waals surface area (Å²) in [7, 11) is 0. The fraction of sp³-hybridized carbons (Fsp3) is 0.538. The Balaban J connectivity index is 2.03. The molecule has 1 aromatic carbocycles. The first-order valence-corrected chi connectivity index (χ1v) is 6.51. The SMILES string of the molecule is Cc1cc(Br)ccc1CC1CCCNC1. The van der Waals surface area contributed by atoms with Crippen LogP contribution in [0.5, 0.6) is 0 Å². The molecule has 1 atom stereocenters. The number of benzene rings is 1. The molecule has 1 unspecified atom stereocenters. The Morgan fingerprint density at radius 2 is 2.33 bits per heavy atom. The molecule has 0 aromatic heterocycles. The van der Waals surface area contributed by atoms with Gasteiger partial charge in [0.15, 0.2) is 0 Å². The summed E-state index contributed by atoms with van der Waals surface area (Å²) in [5.74, 6) is 0.832. The number of hydrogen-bond acceptors (Lipinski definition) is 1. The summed E-state index contributed by atoms with van der Waals surface area (Å²) in [6.07, 6.45) is 3.94. The molecule has 15 heavy (non-hydrogen) atoms. The van der Waals surface area contributed by atoms with Gasteiger partial charge in [0.2, 0.25) is 0 Å². The average molecular weight is 268 g/mol. The zero-order chi connectivity index (χ0) is 10.7. The normalized spacial score (nSPS) is 21.6. The molecular weight excluding hydrogens is 250 g/mol. The van der Waals surface area contributed by atoms with Crippen LogP contribution in [0.25, 0.3) is 0 Å². The minimum absolute atomic E-state index is 0.832. The van der Waals surface area contributed by atoms with Crippen molar-refractivity contribution >= 4 is 15.9 Å². The van der Waals surface area contributed by atoms with Gasteiger partial charge in [-0.3, -0.25) is 0 Å². The third-order valence-electron chi connectivity index (χ3n) is 3.21. The maximum absolute atomic E-state index is 3.51. The third kappa shape index (κ3) is 3.05. The molecule has 0 radical (unpaired) electrons. The number of piperidine rings is 1. The molecule has 1 aromatic rings. The fourth-order valence-electron chi connectivity index (χ4n) is 2.30. The van der Waals surface area contributed by atoms with Crippen molar-refractivity contribution < 1.29 is 0 Å². The van der Waals surface area contributed by atoms with Gasteiger partial charge in [-0.2, -0.15) is 0 Å². The van der Waals surface area contributed by atoms with E-state index in [9.17, 15) is 0 Å². The molecule has 0 bridgehead atoms. The van der Waals surface area contributed by atoms with Crippen molar-refractivity contribution in [1.29, 1.82) is 0 Å². The first-order valence-electron chi connectivity index (χ1n) is 5.71. The Bertz CT molecular complexity index is 329. The van der Waals surface area contributed by atoms with E-state index in [0.29, 0.717) is 0 Å². The molecule has 1 aliphatic rings. The van der Waals surface area contributed by atoms with Crippen LogP contribution in [0, 0.1) is 12.8 Å². The van der Waals surface area contributed by atoms with E-state index in [0.717, 1.165) is 5.92 Å². The topological polar surface area (TPSA) is 12.0 Å². The maximum Gasteiger partial charge on any atom is 0.0178 e. The van der Waals surface area contributed by atoms with Crippen LogP contribution in [-0.4, -0.2) is 13.1 Å². The quantitative estimate of drug-likeness (QED) is 0.867. The lowest BCUT2D eigenvalue weighted by Crippen LogP contribution is -2.30. The highest BCUT2D eigenvalue weighted by Crippen LogP contribution is 2.21. The van der Waals surface area contributed by atoms with Crippen LogP contribution in [0.1, 0.15) is 24.0 Å². The van der Waals surface area contributed by atoms with E-state index >= 15 is 0 Å². The fourth-order valence-corrected chi connectivity index (χ4v) is 2.77. The molecule has 2 rings (SSSR count). The predicted octanol–water partition coefficient (Wildman–Crippen LogP) is 3.30. The number of hydrogen-bond donors (Lipinski definition) is 1. The lowest BCUT2D eigenvalue weighted by molar-refractivity contribution is 0.375. The molecule has 1 N–H and O–H groups in total. The van der Waals surface area contributed by atoms with Crippen LogP contribution in [0.15, 0.2) is 22.7 Å². The maximum atomic E-state index is 3.51. The molecule has 0 saturated carbocycles. The number of rotatable bonds is 2. The number of aryl methyl sites for hydroxylation is 1. The van der Waals surface area contributed by atoms with Gasteiger partial charge in [-0.25, -0.2) is 0 Å². The van der Waals surface area contributed by atoms with Gasteiger partial charge in [0.25, 0.3) is 0 Å². The van der Waals surface area contributed by atoms with E-state index in [4.69, 9.17) is 0 Å². The van der Waals surface area contributed by atoms with Gasteiger partial charge in [0.05, 0.1) is 0 Å². The van der Waals surface area contributed by atoms with E-state index in [2.05, 4.69) is 46.4 Å². The van der Waals surface area contributed by atoms with Gasteiger partial charge < -0.3 is 5.32 Å². The van der Waals surface area contributed by atoms with Crippen molar-refractivity contribution in [1.82, 2.24) is 5.32 Å². The molecule has 1 nitrogen and oxygen atoms in total. The smallest absolute Gasteiger partial charge is 0.0178 e.